The molecule has 3 aliphatic rings. The number of piperidine rings is 1. The first-order chi connectivity index (χ1) is 23.6. The number of nitrogens with zero attached hydrogens (tertiary/aromatic N) is 1. The number of quaternary nitrogens is 1. The molecule has 0 saturated carbocycles. The van der Waals surface area contributed by atoms with E-state index in [1.54, 1.807) is 0 Å². The van der Waals surface area contributed by atoms with Crippen LogP contribution in [0.25, 0.3) is 0 Å². The van der Waals surface area contributed by atoms with Crippen LogP contribution in [-0.2, 0) is 24.7 Å². The molecule has 2 unspecified atom stereocenters. The molecule has 1 spiro atoms. The highest BCUT2D eigenvalue weighted by Gasteiger charge is 2.57. The van der Waals surface area contributed by atoms with E-state index in [-0.39, 0.29) is 18.5 Å². The van der Waals surface area contributed by atoms with Crippen molar-refractivity contribution >= 4 is 11.9 Å². The zero-order chi connectivity index (χ0) is 33.5. The first-order valence-corrected chi connectivity index (χ1v) is 19.3. The Kier molecular flexibility index (Phi) is 14.0. The van der Waals surface area contributed by atoms with Gasteiger partial charge < -0.3 is 14.0 Å². The zero-order valence-electron chi connectivity index (χ0n) is 29.5. The summed E-state index contributed by atoms with van der Waals surface area (Å²) >= 11 is 0. The van der Waals surface area contributed by atoms with Crippen LogP contribution in [0.3, 0.4) is 0 Å². The number of carbonyl (C=O) groups is 2. The first-order valence-electron chi connectivity index (χ1n) is 19.3. The summed E-state index contributed by atoms with van der Waals surface area (Å²) in [6, 6.07) is 20.1. The molecule has 3 aliphatic heterocycles. The normalized spacial score (nSPS) is 21.7. The van der Waals surface area contributed by atoms with Crippen LogP contribution in [0, 0.1) is 0 Å². The van der Waals surface area contributed by atoms with Crippen molar-refractivity contribution < 1.29 is 23.5 Å². The molecule has 2 atom stereocenters. The Hall–Kier alpha value is -3.18. The molecule has 260 valence electrons. The van der Waals surface area contributed by atoms with Crippen molar-refractivity contribution in [2.24, 2.45) is 0 Å². The van der Waals surface area contributed by atoms with Gasteiger partial charge in [-0.05, 0) is 38.5 Å². The second-order valence-corrected chi connectivity index (χ2v) is 14.5. The molecule has 3 saturated heterocycles. The van der Waals surface area contributed by atoms with Crippen molar-refractivity contribution in [1.82, 2.24) is 0 Å². The van der Waals surface area contributed by atoms with Gasteiger partial charge in [-0.2, -0.15) is 0 Å². The largest absolute Gasteiger partial charge is 0.458 e. The Balaban J connectivity index is 1.15. The van der Waals surface area contributed by atoms with E-state index in [1.165, 1.54) is 75.4 Å². The Morgan fingerprint density at radius 3 is 1.85 bits per heavy atom. The van der Waals surface area contributed by atoms with Crippen molar-refractivity contribution in [3.63, 3.8) is 0 Å². The molecule has 2 bridgehead atoms. The smallest absolute Gasteiger partial charge is 0.360 e. The third-order valence-corrected chi connectivity index (χ3v) is 11.3. The Bertz CT molecular complexity index is 1260. The lowest BCUT2D eigenvalue weighted by atomic mass is 9.85. The zero-order valence-corrected chi connectivity index (χ0v) is 29.5. The molecule has 3 fully saturated rings. The van der Waals surface area contributed by atoms with Crippen LogP contribution >= 0.6 is 0 Å². The second kappa shape index (κ2) is 18.5. The summed E-state index contributed by atoms with van der Waals surface area (Å²) in [5.74, 6) is -0.816. The SMILES string of the molecule is CCCCC/C=C\C/C=C\CCCCCCCC(=O)OC(C(=O)OC1CC2CCC(C1)[N+]21CCCC1)(c1ccccc1)c1ccccc1. The maximum atomic E-state index is 14.5. The van der Waals surface area contributed by atoms with Crippen molar-refractivity contribution in [2.75, 3.05) is 13.1 Å². The summed E-state index contributed by atoms with van der Waals surface area (Å²) in [5, 5.41) is 0. The maximum absolute atomic E-state index is 14.5. The summed E-state index contributed by atoms with van der Waals surface area (Å²) in [6.45, 7) is 4.80. The number of hydrogen-bond donors (Lipinski definition) is 0. The highest BCUT2D eigenvalue weighted by molar-refractivity contribution is 5.89. The van der Waals surface area contributed by atoms with Gasteiger partial charge in [0, 0.05) is 56.1 Å². The predicted molar refractivity (Wildman–Crippen MR) is 194 cm³/mol. The molecule has 0 aromatic heterocycles. The number of hydrogen-bond acceptors (Lipinski definition) is 4. The number of esters is 2. The van der Waals surface area contributed by atoms with Crippen LogP contribution in [0.5, 0.6) is 0 Å². The van der Waals surface area contributed by atoms with E-state index in [0.29, 0.717) is 23.2 Å². The fourth-order valence-corrected chi connectivity index (χ4v) is 8.75. The molecule has 2 aromatic rings. The van der Waals surface area contributed by atoms with Crippen molar-refractivity contribution in [3.8, 4) is 0 Å². The van der Waals surface area contributed by atoms with Gasteiger partial charge in [0.2, 0.25) is 0 Å². The molecule has 5 rings (SSSR count). The van der Waals surface area contributed by atoms with Gasteiger partial charge in [-0.25, -0.2) is 4.79 Å². The molecule has 5 heteroatoms. The topological polar surface area (TPSA) is 52.6 Å². The molecular formula is C43H60NO4+. The van der Waals surface area contributed by atoms with Crippen LogP contribution in [0.1, 0.15) is 134 Å². The summed E-state index contributed by atoms with van der Waals surface area (Å²) in [5.41, 5.74) is -0.361. The Labute approximate surface area is 290 Å². The van der Waals surface area contributed by atoms with Gasteiger partial charge in [-0.3, -0.25) is 4.79 Å². The van der Waals surface area contributed by atoms with Crippen LogP contribution in [0.2, 0.25) is 0 Å². The number of unbranched alkanes of at least 4 members (excludes halogenated alkanes) is 8. The molecule has 3 heterocycles. The van der Waals surface area contributed by atoms with Crippen LogP contribution in [0.15, 0.2) is 85.0 Å². The van der Waals surface area contributed by atoms with Gasteiger partial charge in [0.25, 0.3) is 5.60 Å². The lowest BCUT2D eigenvalue weighted by molar-refractivity contribution is -0.956. The third kappa shape index (κ3) is 9.08. The molecule has 0 N–H and O–H groups in total. The van der Waals surface area contributed by atoms with Crippen molar-refractivity contribution in [1.29, 1.82) is 0 Å². The third-order valence-electron chi connectivity index (χ3n) is 11.3. The quantitative estimate of drug-likeness (QED) is 0.0655. The number of rotatable bonds is 19. The van der Waals surface area contributed by atoms with E-state index in [4.69, 9.17) is 9.47 Å². The van der Waals surface area contributed by atoms with E-state index in [9.17, 15) is 9.59 Å². The lowest BCUT2D eigenvalue weighted by Gasteiger charge is -2.47. The van der Waals surface area contributed by atoms with E-state index < -0.39 is 11.6 Å². The first kappa shape index (κ1) is 36.1. The molecule has 2 aromatic carbocycles. The van der Waals surface area contributed by atoms with E-state index in [2.05, 4.69) is 31.2 Å². The molecule has 48 heavy (non-hydrogen) atoms. The molecule has 5 nitrogen and oxygen atoms in total. The number of ether oxygens (including phenoxy) is 2. The van der Waals surface area contributed by atoms with Crippen molar-refractivity contribution in [3.05, 3.63) is 96.1 Å². The minimum absolute atomic E-state index is 0.147. The highest BCUT2D eigenvalue weighted by Crippen LogP contribution is 2.47. The number of benzene rings is 2. The lowest BCUT2D eigenvalue weighted by Crippen LogP contribution is -2.60. The minimum Gasteiger partial charge on any atom is -0.458 e. The molecule has 0 radical (unpaired) electrons. The second-order valence-electron chi connectivity index (χ2n) is 14.5. The van der Waals surface area contributed by atoms with Gasteiger partial charge in [-0.1, -0.05) is 124 Å². The average Bonchev–Trinajstić information content (AvgIpc) is 3.66. The summed E-state index contributed by atoms with van der Waals surface area (Å²) in [4.78, 5) is 28.1. The average molecular weight is 655 g/mol. The van der Waals surface area contributed by atoms with Gasteiger partial charge in [0.1, 0.15) is 6.10 Å². The molecule has 0 amide bonds. The van der Waals surface area contributed by atoms with E-state index in [0.717, 1.165) is 51.4 Å². The fourth-order valence-electron chi connectivity index (χ4n) is 8.75. The molecule has 0 aliphatic carbocycles. The monoisotopic (exact) mass is 654 g/mol. The van der Waals surface area contributed by atoms with Gasteiger partial charge in [0.05, 0.1) is 25.2 Å². The highest BCUT2D eigenvalue weighted by atomic mass is 16.6. The van der Waals surface area contributed by atoms with Crippen molar-refractivity contribution in [2.45, 2.75) is 146 Å². The predicted octanol–water partition coefficient (Wildman–Crippen LogP) is 10.1. The van der Waals surface area contributed by atoms with Gasteiger partial charge in [0.15, 0.2) is 0 Å². The van der Waals surface area contributed by atoms with Gasteiger partial charge >= 0.3 is 11.9 Å². The molecular weight excluding hydrogens is 594 g/mol. The Morgan fingerprint density at radius 1 is 0.729 bits per heavy atom. The number of carbonyl (C=O) groups excluding carboxylic acids is 2. The van der Waals surface area contributed by atoms with E-state index >= 15 is 0 Å². The summed E-state index contributed by atoms with van der Waals surface area (Å²) in [6.07, 6.45) is 28.5. The van der Waals surface area contributed by atoms with Crippen LogP contribution in [0.4, 0.5) is 0 Å². The minimum atomic E-state index is -1.63. The fraction of sp³-hybridized carbons (Fsp3) is 0.581. The standard InChI is InChI=1S/C43H60NO4/c1-2-3-4-5-6-7-8-9-10-11-12-13-14-15-22-29-41(45)48-43(36-25-18-16-19-26-36,37-27-20-17-21-28-37)42(46)47-40-34-38-30-31-39(35-40)44(38)32-23-24-33-44/h6-7,9-10,16-21,25-28,38-40H,2-5,8,11-15,22-24,29-35H2,1H3/q+1/b7-6-,10-9-. The van der Waals surface area contributed by atoms with Crippen LogP contribution in [-0.4, -0.2) is 47.7 Å². The Morgan fingerprint density at radius 2 is 1.27 bits per heavy atom. The van der Waals surface area contributed by atoms with Gasteiger partial charge in [-0.15, -0.1) is 0 Å². The van der Waals surface area contributed by atoms with E-state index in [1.807, 2.05) is 60.7 Å². The number of allylic oxidation sites excluding steroid dienone is 4. The maximum Gasteiger partial charge on any atom is 0.360 e. The summed E-state index contributed by atoms with van der Waals surface area (Å²) < 4.78 is 14.1. The van der Waals surface area contributed by atoms with Crippen LogP contribution < -0.4 is 0 Å². The summed E-state index contributed by atoms with van der Waals surface area (Å²) in [7, 11) is 0.